The minimum absolute atomic E-state index is 0.831. The van der Waals surface area contributed by atoms with Gasteiger partial charge in [-0.25, -0.2) is 9.97 Å². The summed E-state index contributed by atoms with van der Waals surface area (Å²) in [6.45, 7) is 4.20. The Kier molecular flexibility index (Phi) is 3.46. The molecule has 3 aromatic heterocycles. The smallest absolute Gasteiger partial charge is 0.178 e. The van der Waals surface area contributed by atoms with Crippen molar-refractivity contribution >= 4 is 11.2 Å². The summed E-state index contributed by atoms with van der Waals surface area (Å²) in [6, 6.07) is 8.15. The molecule has 0 aliphatic carbocycles. The normalized spacial score (nSPS) is 11.1. The van der Waals surface area contributed by atoms with Crippen LogP contribution in [0, 0.1) is 6.92 Å². The number of imidazole rings is 1. The SMILES string of the molecule is CCc1nc2nc(CCc3ccccn3)cc(C)c2[nH]1. The Hall–Kier alpha value is -2.23. The number of nitrogens with one attached hydrogen (secondary N) is 1. The molecule has 4 nitrogen and oxygen atoms in total. The Morgan fingerprint density at radius 1 is 1.10 bits per heavy atom. The third-order valence-electron chi connectivity index (χ3n) is 3.46. The van der Waals surface area contributed by atoms with Crippen LogP contribution in [-0.2, 0) is 19.3 Å². The van der Waals surface area contributed by atoms with Crippen LogP contribution in [0.5, 0.6) is 0 Å². The molecule has 0 aliphatic rings. The molecule has 0 aliphatic heterocycles. The number of pyridine rings is 2. The second kappa shape index (κ2) is 5.41. The van der Waals surface area contributed by atoms with Crippen LogP contribution in [0.4, 0.5) is 0 Å². The summed E-state index contributed by atoms with van der Waals surface area (Å²) in [5.74, 6) is 0.998. The van der Waals surface area contributed by atoms with Crippen molar-refractivity contribution in [2.45, 2.75) is 33.1 Å². The molecule has 1 N–H and O–H groups in total. The topological polar surface area (TPSA) is 54.5 Å². The number of fused-ring (bicyclic) bond motifs is 1. The first-order chi connectivity index (χ1) is 9.76. The number of aryl methyl sites for hydroxylation is 4. The van der Waals surface area contributed by atoms with E-state index in [1.807, 2.05) is 18.3 Å². The Morgan fingerprint density at radius 3 is 2.70 bits per heavy atom. The van der Waals surface area contributed by atoms with Crippen molar-refractivity contribution in [1.82, 2.24) is 19.9 Å². The predicted octanol–water partition coefficient (Wildman–Crippen LogP) is 3.01. The number of hydrogen-bond acceptors (Lipinski definition) is 3. The highest BCUT2D eigenvalue weighted by molar-refractivity contribution is 5.74. The lowest BCUT2D eigenvalue weighted by atomic mass is 10.1. The van der Waals surface area contributed by atoms with Crippen LogP contribution < -0.4 is 0 Å². The third-order valence-corrected chi connectivity index (χ3v) is 3.46. The molecule has 20 heavy (non-hydrogen) atoms. The fraction of sp³-hybridized carbons (Fsp3) is 0.312. The molecule has 0 amide bonds. The molecule has 0 bridgehead atoms. The predicted molar refractivity (Wildman–Crippen MR) is 79.6 cm³/mol. The largest absolute Gasteiger partial charge is 0.340 e. The molecule has 0 fully saturated rings. The van der Waals surface area contributed by atoms with Gasteiger partial charge in [0.1, 0.15) is 5.82 Å². The maximum Gasteiger partial charge on any atom is 0.178 e. The zero-order valence-electron chi connectivity index (χ0n) is 11.8. The maximum atomic E-state index is 4.65. The first kappa shape index (κ1) is 12.8. The van der Waals surface area contributed by atoms with Crippen LogP contribution in [0.25, 0.3) is 11.2 Å². The van der Waals surface area contributed by atoms with Crippen LogP contribution in [-0.4, -0.2) is 19.9 Å². The standard InChI is InChI=1S/C16H18N4/c1-3-14-19-15-11(2)10-13(18-16(15)20-14)8-7-12-6-4-5-9-17-12/h4-6,9-10H,3,7-8H2,1-2H3,(H,18,19,20). The van der Waals surface area contributed by atoms with Crippen molar-refractivity contribution < 1.29 is 0 Å². The van der Waals surface area contributed by atoms with Crippen molar-refractivity contribution in [2.75, 3.05) is 0 Å². The van der Waals surface area contributed by atoms with Gasteiger partial charge < -0.3 is 4.98 Å². The molecule has 0 atom stereocenters. The average Bonchev–Trinajstić information content (AvgIpc) is 2.90. The number of nitrogens with zero attached hydrogens (tertiary/aromatic N) is 3. The van der Waals surface area contributed by atoms with Gasteiger partial charge in [0.2, 0.25) is 0 Å². The Bertz CT molecular complexity index is 716. The van der Waals surface area contributed by atoms with E-state index in [-0.39, 0.29) is 0 Å². The summed E-state index contributed by atoms with van der Waals surface area (Å²) >= 11 is 0. The van der Waals surface area contributed by atoms with E-state index in [1.54, 1.807) is 0 Å². The van der Waals surface area contributed by atoms with Gasteiger partial charge in [0.05, 0.1) is 5.52 Å². The van der Waals surface area contributed by atoms with Gasteiger partial charge in [0.25, 0.3) is 0 Å². The highest BCUT2D eigenvalue weighted by Gasteiger charge is 2.08. The summed E-state index contributed by atoms with van der Waals surface area (Å²) in [5, 5.41) is 0. The number of aromatic amines is 1. The molecule has 4 heteroatoms. The summed E-state index contributed by atoms with van der Waals surface area (Å²) in [7, 11) is 0. The number of rotatable bonds is 4. The van der Waals surface area contributed by atoms with E-state index in [0.29, 0.717) is 0 Å². The van der Waals surface area contributed by atoms with Crippen molar-refractivity contribution in [3.8, 4) is 0 Å². The molecule has 0 aromatic carbocycles. The summed E-state index contributed by atoms with van der Waals surface area (Å²) in [4.78, 5) is 16.8. The van der Waals surface area contributed by atoms with E-state index in [2.05, 4.69) is 45.9 Å². The fourth-order valence-electron chi connectivity index (χ4n) is 2.36. The van der Waals surface area contributed by atoms with Crippen molar-refractivity contribution in [2.24, 2.45) is 0 Å². The zero-order valence-corrected chi connectivity index (χ0v) is 11.8. The van der Waals surface area contributed by atoms with Crippen LogP contribution in [0.3, 0.4) is 0 Å². The Morgan fingerprint density at radius 2 is 1.95 bits per heavy atom. The molecule has 3 rings (SSSR count). The van der Waals surface area contributed by atoms with Crippen LogP contribution in [0.2, 0.25) is 0 Å². The average molecular weight is 266 g/mol. The van der Waals surface area contributed by atoms with Gasteiger partial charge >= 0.3 is 0 Å². The van der Waals surface area contributed by atoms with Crippen LogP contribution >= 0.6 is 0 Å². The van der Waals surface area contributed by atoms with Gasteiger partial charge in [-0.2, -0.15) is 0 Å². The lowest BCUT2D eigenvalue weighted by Crippen LogP contribution is -1.97. The first-order valence-corrected chi connectivity index (χ1v) is 7.01. The van der Waals surface area contributed by atoms with Crippen LogP contribution in [0.15, 0.2) is 30.5 Å². The molecule has 0 spiro atoms. The Balaban J connectivity index is 1.85. The van der Waals surface area contributed by atoms with Gasteiger partial charge in [-0.05, 0) is 43.5 Å². The van der Waals surface area contributed by atoms with E-state index in [0.717, 1.165) is 47.6 Å². The van der Waals surface area contributed by atoms with E-state index >= 15 is 0 Å². The molecule has 0 radical (unpaired) electrons. The molecular weight excluding hydrogens is 248 g/mol. The molecule has 102 valence electrons. The minimum Gasteiger partial charge on any atom is -0.340 e. The van der Waals surface area contributed by atoms with Crippen molar-refractivity contribution in [1.29, 1.82) is 0 Å². The van der Waals surface area contributed by atoms with Crippen molar-refractivity contribution in [3.05, 3.63) is 53.2 Å². The second-order valence-corrected chi connectivity index (χ2v) is 4.99. The van der Waals surface area contributed by atoms with Gasteiger partial charge in [0.15, 0.2) is 5.65 Å². The fourth-order valence-corrected chi connectivity index (χ4v) is 2.36. The van der Waals surface area contributed by atoms with Crippen molar-refractivity contribution in [3.63, 3.8) is 0 Å². The lowest BCUT2D eigenvalue weighted by Gasteiger charge is -2.03. The number of hydrogen-bond donors (Lipinski definition) is 1. The summed E-state index contributed by atoms with van der Waals surface area (Å²) < 4.78 is 0. The number of aromatic nitrogens is 4. The highest BCUT2D eigenvalue weighted by Crippen LogP contribution is 2.16. The quantitative estimate of drug-likeness (QED) is 0.789. The monoisotopic (exact) mass is 266 g/mol. The molecule has 0 saturated carbocycles. The molecular formula is C16H18N4. The van der Waals surface area contributed by atoms with E-state index < -0.39 is 0 Å². The summed E-state index contributed by atoms with van der Waals surface area (Å²) in [6.07, 6.45) is 4.53. The molecule has 0 saturated heterocycles. The third kappa shape index (κ3) is 2.54. The number of H-pyrrole nitrogens is 1. The maximum absolute atomic E-state index is 4.65. The highest BCUT2D eigenvalue weighted by atomic mass is 15.0. The van der Waals surface area contributed by atoms with Gasteiger partial charge in [-0.3, -0.25) is 4.98 Å². The molecule has 3 heterocycles. The molecule has 3 aromatic rings. The lowest BCUT2D eigenvalue weighted by molar-refractivity contribution is 0.882. The zero-order chi connectivity index (χ0) is 13.9. The van der Waals surface area contributed by atoms with E-state index in [9.17, 15) is 0 Å². The van der Waals surface area contributed by atoms with Crippen LogP contribution in [0.1, 0.15) is 29.7 Å². The van der Waals surface area contributed by atoms with Gasteiger partial charge in [-0.15, -0.1) is 0 Å². The first-order valence-electron chi connectivity index (χ1n) is 7.01. The summed E-state index contributed by atoms with van der Waals surface area (Å²) in [5.41, 5.74) is 5.28. The molecule has 0 unspecified atom stereocenters. The van der Waals surface area contributed by atoms with E-state index in [4.69, 9.17) is 0 Å². The van der Waals surface area contributed by atoms with Gasteiger partial charge in [0, 0.05) is 24.0 Å². The second-order valence-electron chi connectivity index (χ2n) is 4.99. The minimum atomic E-state index is 0.831. The Labute approximate surface area is 118 Å². The van der Waals surface area contributed by atoms with E-state index in [1.165, 1.54) is 5.56 Å². The van der Waals surface area contributed by atoms with Gasteiger partial charge in [-0.1, -0.05) is 13.0 Å².